The monoisotopic (exact) mass is 434 g/mol. The molecule has 0 aliphatic carbocycles. The average Bonchev–Trinajstić information content (AvgIpc) is 3.26. The average molecular weight is 435 g/mol. The molecule has 1 amide bonds. The van der Waals surface area contributed by atoms with Gasteiger partial charge < -0.3 is 19.2 Å². The number of anilines is 1. The Morgan fingerprint density at radius 1 is 1.06 bits per heavy atom. The molecule has 6 heteroatoms. The van der Waals surface area contributed by atoms with Crippen LogP contribution >= 0.6 is 0 Å². The number of carbonyl (C=O) groups excluding carboxylic acids is 1. The Morgan fingerprint density at radius 3 is 2.62 bits per heavy atom. The predicted molar refractivity (Wildman–Crippen MR) is 124 cm³/mol. The van der Waals surface area contributed by atoms with E-state index in [4.69, 9.17) is 13.9 Å². The maximum absolute atomic E-state index is 13.1. The minimum absolute atomic E-state index is 0.0546. The quantitative estimate of drug-likeness (QED) is 0.543. The number of benzene rings is 2. The number of hydrogen-bond acceptors (Lipinski definition) is 5. The van der Waals surface area contributed by atoms with Gasteiger partial charge in [0, 0.05) is 24.9 Å². The zero-order valence-corrected chi connectivity index (χ0v) is 18.7. The molecule has 1 aromatic heterocycles. The summed E-state index contributed by atoms with van der Waals surface area (Å²) < 4.78 is 16.2. The lowest BCUT2D eigenvalue weighted by molar-refractivity contribution is -0.121. The lowest BCUT2D eigenvalue weighted by Gasteiger charge is -2.31. The molecule has 1 fully saturated rings. The number of hydrogen-bond donors (Lipinski definition) is 1. The maximum atomic E-state index is 13.1. The fraction of sp³-hybridized carbons (Fsp3) is 0.346. The van der Waals surface area contributed by atoms with E-state index in [1.165, 1.54) is 0 Å². The smallest absolute Gasteiger partial charge is 0.228 e. The summed E-state index contributed by atoms with van der Waals surface area (Å²) in [6.07, 6.45) is 1.88. The van der Waals surface area contributed by atoms with E-state index in [-0.39, 0.29) is 11.8 Å². The molecule has 168 valence electrons. The van der Waals surface area contributed by atoms with E-state index in [2.05, 4.69) is 10.2 Å². The fourth-order valence-corrected chi connectivity index (χ4v) is 4.21. The summed E-state index contributed by atoms with van der Waals surface area (Å²) in [5.41, 5.74) is 2.86. The molecule has 0 bridgehead atoms. The molecule has 0 unspecified atom stereocenters. The van der Waals surface area contributed by atoms with Gasteiger partial charge in [-0.3, -0.25) is 9.69 Å². The van der Waals surface area contributed by atoms with Crippen molar-refractivity contribution in [3.63, 3.8) is 0 Å². The minimum Gasteiger partial charge on any atom is -0.497 e. The van der Waals surface area contributed by atoms with Gasteiger partial charge >= 0.3 is 0 Å². The summed E-state index contributed by atoms with van der Waals surface area (Å²) in [6, 6.07) is 19.7. The van der Waals surface area contributed by atoms with Gasteiger partial charge in [-0.05, 0) is 55.3 Å². The molecular formula is C26H30N2O4. The van der Waals surface area contributed by atoms with E-state index >= 15 is 0 Å². The Bertz CT molecular complexity index is 1030. The zero-order valence-electron chi connectivity index (χ0n) is 18.7. The van der Waals surface area contributed by atoms with Gasteiger partial charge in [0.2, 0.25) is 5.91 Å². The molecule has 2 heterocycles. The van der Waals surface area contributed by atoms with Crippen molar-refractivity contribution in [2.24, 2.45) is 5.92 Å². The summed E-state index contributed by atoms with van der Waals surface area (Å²) in [5, 5.41) is 3.18. The molecule has 0 spiro atoms. The highest BCUT2D eigenvalue weighted by molar-refractivity contribution is 5.97. The SMILES string of the molecule is COCc1ccc(CN2CCC[C@H](C(=O)Nc3ccccc3-c3ccc(OC)cc3)C2)o1. The molecule has 32 heavy (non-hydrogen) atoms. The van der Waals surface area contributed by atoms with Crippen molar-refractivity contribution < 1.29 is 18.7 Å². The molecule has 0 radical (unpaired) electrons. The van der Waals surface area contributed by atoms with E-state index in [1.807, 2.05) is 60.7 Å². The molecule has 1 aliphatic heterocycles. The molecule has 2 aromatic carbocycles. The Morgan fingerprint density at radius 2 is 1.84 bits per heavy atom. The van der Waals surface area contributed by atoms with Crippen LogP contribution in [0.5, 0.6) is 5.75 Å². The van der Waals surface area contributed by atoms with Gasteiger partial charge in [-0.2, -0.15) is 0 Å². The van der Waals surface area contributed by atoms with Gasteiger partial charge in [0.25, 0.3) is 0 Å². The first-order chi connectivity index (χ1) is 15.7. The van der Waals surface area contributed by atoms with Crippen molar-refractivity contribution in [1.29, 1.82) is 0 Å². The van der Waals surface area contributed by atoms with Crippen LogP contribution in [0.4, 0.5) is 5.69 Å². The van der Waals surface area contributed by atoms with E-state index in [1.54, 1.807) is 14.2 Å². The molecule has 0 saturated carbocycles. The van der Waals surface area contributed by atoms with Crippen LogP contribution in [0.15, 0.2) is 65.1 Å². The standard InChI is InChI=1S/C26H30N2O4/c1-30-18-23-14-13-22(32-23)17-28-15-5-6-20(16-28)26(29)27-25-8-4-3-7-24(25)19-9-11-21(31-2)12-10-19/h3-4,7-14,20H,5-6,15-18H2,1-2H3,(H,27,29)/t20-/m0/s1. The van der Waals surface area contributed by atoms with E-state index in [9.17, 15) is 4.79 Å². The lowest BCUT2D eigenvalue weighted by atomic mass is 9.96. The maximum Gasteiger partial charge on any atom is 0.228 e. The number of para-hydroxylation sites is 1. The number of furan rings is 1. The molecule has 1 saturated heterocycles. The summed E-state index contributed by atoms with van der Waals surface area (Å²) in [7, 11) is 3.31. The number of piperidine rings is 1. The second kappa shape index (κ2) is 10.5. The van der Waals surface area contributed by atoms with E-state index in [0.29, 0.717) is 13.2 Å². The molecule has 1 atom stereocenters. The van der Waals surface area contributed by atoms with Crippen LogP contribution in [0.3, 0.4) is 0 Å². The van der Waals surface area contributed by atoms with Crippen LogP contribution in [-0.4, -0.2) is 38.1 Å². The third-order valence-electron chi connectivity index (χ3n) is 5.85. The van der Waals surface area contributed by atoms with Crippen LogP contribution in [0, 0.1) is 5.92 Å². The number of amides is 1. The Labute approximate surface area is 189 Å². The predicted octanol–water partition coefficient (Wildman–Crippen LogP) is 4.95. The van der Waals surface area contributed by atoms with Crippen molar-refractivity contribution in [2.75, 3.05) is 32.6 Å². The number of ether oxygens (including phenoxy) is 2. The third-order valence-corrected chi connectivity index (χ3v) is 5.85. The first-order valence-corrected chi connectivity index (χ1v) is 11.0. The van der Waals surface area contributed by atoms with Gasteiger partial charge in [0.05, 0.1) is 19.6 Å². The van der Waals surface area contributed by atoms with Gasteiger partial charge in [-0.25, -0.2) is 0 Å². The molecule has 6 nitrogen and oxygen atoms in total. The van der Waals surface area contributed by atoms with Crippen molar-refractivity contribution in [2.45, 2.75) is 26.0 Å². The fourth-order valence-electron chi connectivity index (χ4n) is 4.21. The topological polar surface area (TPSA) is 63.9 Å². The Kier molecular flexibility index (Phi) is 7.24. The summed E-state index contributed by atoms with van der Waals surface area (Å²) in [5.74, 6) is 2.55. The number of carbonyl (C=O) groups is 1. The van der Waals surface area contributed by atoms with Gasteiger partial charge in [0.15, 0.2) is 0 Å². The van der Waals surface area contributed by atoms with Crippen LogP contribution in [-0.2, 0) is 22.7 Å². The van der Waals surface area contributed by atoms with Crippen LogP contribution < -0.4 is 10.1 Å². The van der Waals surface area contributed by atoms with Crippen LogP contribution in [0.25, 0.3) is 11.1 Å². The lowest BCUT2D eigenvalue weighted by Crippen LogP contribution is -2.40. The number of nitrogens with one attached hydrogen (secondary N) is 1. The highest BCUT2D eigenvalue weighted by Crippen LogP contribution is 2.30. The van der Waals surface area contributed by atoms with Crippen LogP contribution in [0.2, 0.25) is 0 Å². The first-order valence-electron chi connectivity index (χ1n) is 11.0. The first kappa shape index (κ1) is 22.1. The summed E-state index contributed by atoms with van der Waals surface area (Å²) >= 11 is 0. The van der Waals surface area contributed by atoms with E-state index in [0.717, 1.165) is 60.0 Å². The largest absolute Gasteiger partial charge is 0.497 e. The molecular weight excluding hydrogens is 404 g/mol. The molecule has 1 aliphatic rings. The Hall–Kier alpha value is -3.09. The number of methoxy groups -OCH3 is 2. The molecule has 4 rings (SSSR count). The normalized spacial score (nSPS) is 16.6. The number of rotatable bonds is 8. The van der Waals surface area contributed by atoms with Gasteiger partial charge in [-0.1, -0.05) is 30.3 Å². The van der Waals surface area contributed by atoms with E-state index < -0.39 is 0 Å². The molecule has 3 aromatic rings. The van der Waals surface area contributed by atoms with Crippen molar-refractivity contribution in [3.8, 4) is 16.9 Å². The second-order valence-electron chi connectivity index (χ2n) is 8.14. The van der Waals surface area contributed by atoms with Crippen molar-refractivity contribution in [3.05, 3.63) is 72.2 Å². The Balaban J connectivity index is 1.41. The molecule has 1 N–H and O–H groups in total. The highest BCUT2D eigenvalue weighted by atomic mass is 16.5. The number of nitrogens with zero attached hydrogens (tertiary/aromatic N) is 1. The van der Waals surface area contributed by atoms with Crippen molar-refractivity contribution in [1.82, 2.24) is 4.90 Å². The van der Waals surface area contributed by atoms with Crippen molar-refractivity contribution >= 4 is 11.6 Å². The van der Waals surface area contributed by atoms with Gasteiger partial charge in [0.1, 0.15) is 23.9 Å². The zero-order chi connectivity index (χ0) is 22.3. The van der Waals surface area contributed by atoms with Crippen LogP contribution in [0.1, 0.15) is 24.4 Å². The summed E-state index contributed by atoms with van der Waals surface area (Å²) in [6.45, 7) is 2.86. The minimum atomic E-state index is -0.0546. The van der Waals surface area contributed by atoms with Gasteiger partial charge in [-0.15, -0.1) is 0 Å². The third kappa shape index (κ3) is 5.39. The number of likely N-dealkylation sites (tertiary alicyclic amines) is 1. The second-order valence-corrected chi connectivity index (χ2v) is 8.14. The summed E-state index contributed by atoms with van der Waals surface area (Å²) in [4.78, 5) is 15.4. The highest BCUT2D eigenvalue weighted by Gasteiger charge is 2.27.